The quantitative estimate of drug-likeness (QED) is 0.453. The number of carboxylic acid groups (broad SMARTS) is 1. The van der Waals surface area contributed by atoms with Gasteiger partial charge in [-0.05, 0) is 24.2 Å². The zero-order valence-electron chi connectivity index (χ0n) is 17.6. The number of carbonyl (C=O) groups excluding carboxylic acids is 1. The summed E-state index contributed by atoms with van der Waals surface area (Å²) in [6.45, 7) is 10.5. The summed E-state index contributed by atoms with van der Waals surface area (Å²) in [5, 5.41) is 9.64. The van der Waals surface area contributed by atoms with Gasteiger partial charge in [0.25, 0.3) is 0 Å². The first-order valence-electron chi connectivity index (χ1n) is 8.88. The van der Waals surface area contributed by atoms with Gasteiger partial charge in [0.15, 0.2) is 0 Å². The average molecular weight is 430 g/mol. The van der Waals surface area contributed by atoms with E-state index in [2.05, 4.69) is 38.6 Å². The number of rotatable bonds is 9. The summed E-state index contributed by atoms with van der Waals surface area (Å²) in [4.78, 5) is 23.3. The van der Waals surface area contributed by atoms with Crippen molar-refractivity contribution in [3.63, 3.8) is 0 Å². The van der Waals surface area contributed by atoms with E-state index >= 15 is 0 Å². The molecule has 1 atom stereocenters. The van der Waals surface area contributed by atoms with Crippen molar-refractivity contribution in [2.75, 3.05) is 20.0 Å². The smallest absolute Gasteiger partial charge is 0.336 e. The Morgan fingerprint density at radius 2 is 1.86 bits per heavy atom. The Morgan fingerprint density at radius 3 is 2.32 bits per heavy atom. The summed E-state index contributed by atoms with van der Waals surface area (Å²) < 4.78 is 16.3. The number of hydrogen-bond donors (Lipinski definition) is 2. The molecule has 0 heterocycles. The molecule has 0 aliphatic carbocycles. The lowest BCUT2D eigenvalue weighted by molar-refractivity contribution is -0.141. The predicted molar refractivity (Wildman–Crippen MR) is 114 cm³/mol. The van der Waals surface area contributed by atoms with Crippen LogP contribution in [-0.4, -0.2) is 51.4 Å². The van der Waals surface area contributed by atoms with E-state index in [0.717, 1.165) is 0 Å². The summed E-state index contributed by atoms with van der Waals surface area (Å²) in [5.74, 6) is -0.00344. The summed E-state index contributed by atoms with van der Waals surface area (Å²) in [6.07, 6.45) is 0. The van der Waals surface area contributed by atoms with Crippen LogP contribution in [0.15, 0.2) is 12.1 Å². The van der Waals surface area contributed by atoms with E-state index in [-0.39, 0.29) is 10.6 Å². The fraction of sp³-hybridized carbons (Fsp3) is 0.579. The van der Waals surface area contributed by atoms with Gasteiger partial charge in [0.05, 0.1) is 19.8 Å². The van der Waals surface area contributed by atoms with Gasteiger partial charge in [0.2, 0.25) is 8.32 Å². The second-order valence-corrected chi connectivity index (χ2v) is 13.7. The molecule has 0 saturated carbocycles. The van der Waals surface area contributed by atoms with E-state index in [0.29, 0.717) is 28.6 Å². The highest BCUT2D eigenvalue weighted by Crippen LogP contribution is 2.40. The minimum atomic E-state index is -2.21. The molecule has 1 aromatic carbocycles. The summed E-state index contributed by atoms with van der Waals surface area (Å²) in [7, 11) is 0.557. The number of methoxy groups -OCH3 is 2. The van der Waals surface area contributed by atoms with Gasteiger partial charge < -0.3 is 24.7 Å². The molecule has 0 spiro atoms. The third-order valence-corrected chi connectivity index (χ3v) is 10.3. The number of aromatic carboxylic acids is 1. The van der Waals surface area contributed by atoms with Crippen LogP contribution < -0.4 is 14.9 Å². The van der Waals surface area contributed by atoms with Gasteiger partial charge in [-0.15, -0.1) is 0 Å². The molecular formula is C19H31NO6SSi. The molecular weight excluding hydrogens is 398 g/mol. The zero-order chi connectivity index (χ0) is 21.7. The molecule has 0 radical (unpaired) electrons. The van der Waals surface area contributed by atoms with Crippen molar-refractivity contribution in [2.45, 2.75) is 50.7 Å². The van der Waals surface area contributed by atoms with Crippen molar-refractivity contribution in [1.29, 1.82) is 0 Å². The highest BCUT2D eigenvalue weighted by atomic mass is 32.2. The van der Waals surface area contributed by atoms with Crippen LogP contribution in [0.4, 0.5) is 0 Å². The number of carboxylic acids is 1. The summed E-state index contributed by atoms with van der Waals surface area (Å²) >= 11 is 1.36. The Bertz CT molecular complexity index is 717. The van der Waals surface area contributed by atoms with E-state index in [1.165, 1.54) is 32.0 Å². The van der Waals surface area contributed by atoms with E-state index in [1.807, 2.05) is 0 Å². The highest BCUT2D eigenvalue weighted by Gasteiger charge is 2.39. The molecule has 1 unspecified atom stereocenters. The van der Waals surface area contributed by atoms with Crippen LogP contribution in [0.5, 0.6) is 11.5 Å². The molecule has 0 aromatic heterocycles. The molecule has 7 nitrogen and oxygen atoms in total. The second-order valence-electron chi connectivity index (χ2n) is 7.96. The number of nitrogens with two attached hydrogens (primary N) is 1. The van der Waals surface area contributed by atoms with E-state index < -0.39 is 26.3 Å². The third kappa shape index (κ3) is 6.15. The van der Waals surface area contributed by atoms with Crippen molar-refractivity contribution >= 4 is 32.0 Å². The van der Waals surface area contributed by atoms with Crippen LogP contribution in [0, 0.1) is 0 Å². The molecule has 158 valence electrons. The third-order valence-electron chi connectivity index (χ3n) is 4.87. The molecule has 0 aliphatic heterocycles. The first-order chi connectivity index (χ1) is 12.8. The van der Waals surface area contributed by atoms with Gasteiger partial charge in [-0.25, -0.2) is 4.79 Å². The molecule has 0 saturated heterocycles. The fourth-order valence-corrected chi connectivity index (χ4v) is 4.15. The molecule has 28 heavy (non-hydrogen) atoms. The molecule has 0 aliphatic rings. The van der Waals surface area contributed by atoms with Crippen LogP contribution in [0.3, 0.4) is 0 Å². The lowest BCUT2D eigenvalue weighted by atomic mass is 10.1. The standard InChI is InChI=1S/C19H31NO6SSi/c1-19(2,3)28(6,7)26-16-9-12(24-4)8-13(17(21)22)14(16)10-27-11-15(20)18(23)25-5/h8-9,15H,10-11,20H2,1-7H3,(H,21,22). The summed E-state index contributed by atoms with van der Waals surface area (Å²) in [5.41, 5.74) is 6.45. The fourth-order valence-electron chi connectivity index (χ4n) is 2.10. The molecule has 0 amide bonds. The molecule has 0 bridgehead atoms. The van der Waals surface area contributed by atoms with Crippen LogP contribution in [0.2, 0.25) is 18.1 Å². The minimum absolute atomic E-state index is 0.0584. The number of ether oxygens (including phenoxy) is 2. The van der Waals surface area contributed by atoms with Gasteiger partial charge >= 0.3 is 11.9 Å². The van der Waals surface area contributed by atoms with Gasteiger partial charge in [0.1, 0.15) is 17.5 Å². The van der Waals surface area contributed by atoms with Gasteiger partial charge in [-0.3, -0.25) is 4.79 Å². The van der Waals surface area contributed by atoms with Crippen LogP contribution in [0.1, 0.15) is 36.7 Å². The number of thioether (sulfide) groups is 1. The first-order valence-corrected chi connectivity index (χ1v) is 12.9. The SMILES string of the molecule is COC(=O)C(N)CSCc1c(O[Si](C)(C)C(C)(C)C)cc(OC)cc1C(=O)O. The van der Waals surface area contributed by atoms with Gasteiger partial charge in [-0.2, -0.15) is 11.8 Å². The number of carbonyl (C=O) groups is 2. The Morgan fingerprint density at radius 1 is 1.25 bits per heavy atom. The topological polar surface area (TPSA) is 108 Å². The number of benzene rings is 1. The minimum Gasteiger partial charge on any atom is -0.543 e. The normalized spacial score (nSPS) is 13.0. The van der Waals surface area contributed by atoms with Crippen molar-refractivity contribution in [1.82, 2.24) is 0 Å². The highest BCUT2D eigenvalue weighted by molar-refractivity contribution is 7.98. The molecule has 0 fully saturated rings. The van der Waals surface area contributed by atoms with Crippen LogP contribution in [-0.2, 0) is 15.3 Å². The molecule has 1 aromatic rings. The van der Waals surface area contributed by atoms with E-state index in [1.54, 1.807) is 6.07 Å². The lowest BCUT2D eigenvalue weighted by Crippen LogP contribution is -2.44. The van der Waals surface area contributed by atoms with Crippen LogP contribution in [0.25, 0.3) is 0 Å². The largest absolute Gasteiger partial charge is 0.543 e. The van der Waals surface area contributed by atoms with Crippen molar-refractivity contribution in [2.24, 2.45) is 5.73 Å². The lowest BCUT2D eigenvalue weighted by Gasteiger charge is -2.37. The molecule has 9 heteroatoms. The Balaban J connectivity index is 3.27. The van der Waals surface area contributed by atoms with Crippen molar-refractivity contribution in [3.8, 4) is 11.5 Å². The average Bonchev–Trinajstić information content (AvgIpc) is 2.59. The first kappa shape index (κ1) is 24.3. The predicted octanol–water partition coefficient (Wildman–Crippen LogP) is 3.51. The van der Waals surface area contributed by atoms with Crippen molar-refractivity contribution in [3.05, 3.63) is 23.3 Å². The maximum Gasteiger partial charge on any atom is 0.336 e. The van der Waals surface area contributed by atoms with Gasteiger partial charge in [0, 0.05) is 23.1 Å². The Kier molecular flexibility index (Phi) is 8.40. The monoisotopic (exact) mass is 429 g/mol. The van der Waals surface area contributed by atoms with E-state index in [4.69, 9.17) is 14.9 Å². The maximum atomic E-state index is 11.8. The number of hydrogen-bond acceptors (Lipinski definition) is 7. The van der Waals surface area contributed by atoms with Crippen LogP contribution >= 0.6 is 11.8 Å². The van der Waals surface area contributed by atoms with Crippen molar-refractivity contribution < 1.29 is 28.6 Å². The molecule has 1 rings (SSSR count). The Labute approximate surface area is 172 Å². The number of esters is 1. The second kappa shape index (κ2) is 9.66. The molecule has 3 N–H and O–H groups in total. The maximum absolute atomic E-state index is 11.8. The van der Waals surface area contributed by atoms with Gasteiger partial charge in [-0.1, -0.05) is 20.8 Å². The van der Waals surface area contributed by atoms with E-state index in [9.17, 15) is 14.7 Å². The Hall–Kier alpha value is -1.71. The summed E-state index contributed by atoms with van der Waals surface area (Å²) in [6, 6.07) is 2.44. The zero-order valence-corrected chi connectivity index (χ0v) is 19.4.